The Labute approximate surface area is 797 Å². The molecule has 19 rings (SSSR count). The lowest BCUT2D eigenvalue weighted by atomic mass is 9.79. The van der Waals surface area contributed by atoms with E-state index in [9.17, 15) is 8.42 Å². The molecule has 1 aromatic rings. The molecule has 17 heterocycles. The molecule has 1 aromatic carbocycles. The summed E-state index contributed by atoms with van der Waals surface area (Å²) in [6, 6.07) is 9.67. The van der Waals surface area contributed by atoms with Crippen molar-refractivity contribution in [2.24, 2.45) is 5.92 Å². The number of piperidine rings is 2. The summed E-state index contributed by atoms with van der Waals surface area (Å²) in [5.41, 5.74) is 3.03. The molecule has 15 fully saturated rings. The van der Waals surface area contributed by atoms with Gasteiger partial charge >= 0.3 is 0 Å². The quantitative estimate of drug-likeness (QED) is 0.238. The van der Waals surface area contributed by atoms with Crippen LogP contribution in [0.25, 0.3) is 0 Å². The highest BCUT2D eigenvalue weighted by Gasteiger charge is 2.31. The zero-order valence-corrected chi connectivity index (χ0v) is 88.8. The number of thioether (sulfide) groups is 3. The van der Waals surface area contributed by atoms with Crippen LogP contribution in [0.2, 0.25) is 0 Å². The number of morpholine rings is 1. The molecular formula is C99H203N19O5S4. The van der Waals surface area contributed by atoms with E-state index in [-0.39, 0.29) is 0 Å². The lowest BCUT2D eigenvalue weighted by Crippen LogP contribution is -2.44. The normalized spacial score (nSPS) is 25.9. The van der Waals surface area contributed by atoms with E-state index in [2.05, 4.69) is 267 Å². The zero-order chi connectivity index (χ0) is 92.4. The van der Waals surface area contributed by atoms with Gasteiger partial charge in [0.05, 0.1) is 44.7 Å². The molecule has 127 heavy (non-hydrogen) atoms. The SMILES string of the molecule is CN1CC=CC1.CN1CC=CCC1.CN1CCC1.CN1CCCC1.CN1CCCC2CCCCC21.CN1CCCCC1.CN1CCCCCC1.CN1CCCNCC1.CN1CCCOCC1.CN1CCCSCC1.CN1CCNCC1.CN1CCOC1.CN1CCOCC1.CN1CCS(=O)(=O)CC1.CN1CCSC1.CN1CCSCC1.CN1CCc2ccccc2C1. The van der Waals surface area contributed by atoms with Gasteiger partial charge in [-0.05, 0) is 324 Å². The average Bonchev–Trinajstić information content (AvgIpc) is 1.15. The molecule has 0 bridgehead atoms. The molecule has 748 valence electrons. The molecule has 17 aliphatic heterocycles. The van der Waals surface area contributed by atoms with Crippen molar-refractivity contribution in [1.82, 2.24) is 93.9 Å². The summed E-state index contributed by atoms with van der Waals surface area (Å²) >= 11 is 6.14. The Bertz CT molecular complexity index is 2540. The van der Waals surface area contributed by atoms with Crippen molar-refractivity contribution in [1.29, 1.82) is 0 Å². The van der Waals surface area contributed by atoms with Gasteiger partial charge in [0.15, 0.2) is 9.84 Å². The molecule has 0 spiro atoms. The predicted octanol–water partition coefficient (Wildman–Crippen LogP) is 10.3. The molecule has 0 aromatic heterocycles. The number of hydrogen-bond donors (Lipinski definition) is 2. The molecule has 0 amide bonds. The van der Waals surface area contributed by atoms with Crippen LogP contribution in [0.15, 0.2) is 48.6 Å². The maximum absolute atomic E-state index is 10.8. The minimum atomic E-state index is -2.66. The summed E-state index contributed by atoms with van der Waals surface area (Å²) in [5, 5.41) is 6.61. The van der Waals surface area contributed by atoms with Crippen molar-refractivity contribution < 1.29 is 22.6 Å². The molecule has 2 atom stereocenters. The molecule has 2 N–H and O–H groups in total. The minimum Gasteiger partial charge on any atom is -0.380 e. The van der Waals surface area contributed by atoms with Crippen molar-refractivity contribution in [2.45, 2.75) is 147 Å². The van der Waals surface area contributed by atoms with Crippen molar-refractivity contribution in [3.05, 3.63) is 59.7 Å². The van der Waals surface area contributed by atoms with Gasteiger partial charge in [0.1, 0.15) is 0 Å². The van der Waals surface area contributed by atoms with Crippen molar-refractivity contribution in [3.63, 3.8) is 0 Å². The van der Waals surface area contributed by atoms with Crippen LogP contribution < -0.4 is 10.6 Å². The molecule has 1 saturated carbocycles. The highest BCUT2D eigenvalue weighted by molar-refractivity contribution is 7.99. The van der Waals surface area contributed by atoms with E-state index in [0.29, 0.717) is 24.6 Å². The van der Waals surface area contributed by atoms with Gasteiger partial charge in [-0.25, -0.2) is 8.42 Å². The number of ether oxygens (including phenoxy) is 3. The van der Waals surface area contributed by atoms with E-state index in [1.165, 1.54) is 325 Å². The number of nitrogens with one attached hydrogen (secondary N) is 2. The zero-order valence-electron chi connectivity index (χ0n) is 85.5. The Morgan fingerprint density at radius 2 is 0.709 bits per heavy atom. The first-order valence-electron chi connectivity index (χ1n) is 50.5. The topological polar surface area (TPSA) is 141 Å². The average molecular weight is 1870 g/mol. The number of benzene rings is 1. The third-order valence-electron chi connectivity index (χ3n) is 25.6. The lowest BCUT2D eigenvalue weighted by Gasteiger charge is -2.42. The fourth-order valence-corrected chi connectivity index (χ4v) is 20.6. The maximum atomic E-state index is 10.8. The number of hydrogen-bond acceptors (Lipinski definition) is 27. The van der Waals surface area contributed by atoms with E-state index < -0.39 is 9.84 Å². The third-order valence-corrected chi connectivity index (χ3v) is 30.3. The van der Waals surface area contributed by atoms with E-state index >= 15 is 0 Å². The van der Waals surface area contributed by atoms with E-state index in [0.717, 1.165) is 124 Å². The Balaban J connectivity index is 0.000000349. The number of rotatable bonds is 0. The molecule has 1 aliphatic carbocycles. The smallest absolute Gasteiger partial charge is 0.152 e. The van der Waals surface area contributed by atoms with E-state index in [4.69, 9.17) is 14.2 Å². The summed E-state index contributed by atoms with van der Waals surface area (Å²) in [7, 11) is 33.9. The van der Waals surface area contributed by atoms with Gasteiger partial charge in [-0.15, -0.1) is 11.8 Å². The summed E-state index contributed by atoms with van der Waals surface area (Å²) in [6.07, 6.45) is 38.3. The second-order valence-electron chi connectivity index (χ2n) is 38.5. The standard InChI is InChI=1S/C10H19N.C10H13N.C7H15N.C6H14N2.C6H13NO.C6H13NS.C6H13N.C6H11N.C5H12N2.C5H11NO2S.C5H11NO.C5H11NS.C5H11N.C5H9N.C4H9NO.C4H9NS.C4H9N/c1-11-8-4-6-9-5-2-3-7-10(9)11;1-11-7-6-9-4-2-3-5-10(9)8-11;1-8-6-4-2-3-5-7-8;1-8-5-2-3-7-4-6-8;2*1-7-3-2-5-8-6-4-7;2*1-7-5-3-2-4-6-7;1-7-4-2-6-3-5-7;1-6-2-4-9(7,8)5-3-6;2*1-6-2-4-7-5-3-6;2*1-6-4-2-3-5-6;2*1-5-2-3-6-4-5;1-5-3-2-4-5/h9-10H,2-8H2,1H3;2-5H,6-8H2,1H3;2-7H2,1H3;7H,2-6H2,1H3;2*2-6H2,1H3;2-6H2,1H3;2-3H,4-6H2,1H3;6H,2-5H2,1H3;2-5H2,1H3;2*2-5H2,1H3;2-5H2,1H3;2-3H,4-5H2,1H3;2*2-4H2,1H3;2-4H2,1H3. The molecule has 0 radical (unpaired) electrons. The maximum Gasteiger partial charge on any atom is 0.152 e. The number of likely N-dealkylation sites (tertiary alicyclic amines) is 5. The fraction of sp³-hybridized carbons (Fsp3) is 0.899. The van der Waals surface area contributed by atoms with Crippen LogP contribution in [0.5, 0.6) is 0 Å². The Morgan fingerprint density at radius 1 is 0.299 bits per heavy atom. The van der Waals surface area contributed by atoms with Gasteiger partial charge in [0, 0.05) is 192 Å². The minimum absolute atomic E-state index is 0.337. The van der Waals surface area contributed by atoms with E-state index in [1.807, 2.05) is 30.8 Å². The van der Waals surface area contributed by atoms with Gasteiger partial charge in [-0.2, -0.15) is 23.5 Å². The first-order chi connectivity index (χ1) is 61.4. The van der Waals surface area contributed by atoms with Crippen LogP contribution in [-0.4, -0.2) is 526 Å². The number of nitrogens with zero attached hydrogens (tertiary/aromatic N) is 17. The molecule has 18 aliphatic rings. The second-order valence-corrected chi connectivity index (χ2v) is 44.3. The highest BCUT2D eigenvalue weighted by atomic mass is 32.2. The number of sulfone groups is 1. The van der Waals surface area contributed by atoms with Crippen LogP contribution in [0.1, 0.15) is 140 Å². The van der Waals surface area contributed by atoms with Gasteiger partial charge in [-0.1, -0.05) is 80.7 Å². The highest BCUT2D eigenvalue weighted by Crippen LogP contribution is 2.34. The van der Waals surface area contributed by atoms with Crippen LogP contribution >= 0.6 is 35.3 Å². The van der Waals surface area contributed by atoms with Gasteiger partial charge in [-0.3, -0.25) is 14.7 Å². The first-order valence-corrected chi connectivity index (χ1v) is 55.8. The van der Waals surface area contributed by atoms with Gasteiger partial charge in [0.25, 0.3) is 0 Å². The van der Waals surface area contributed by atoms with Crippen LogP contribution in [-0.2, 0) is 37.0 Å². The number of fused-ring (bicyclic) bond motifs is 2. The summed E-state index contributed by atoms with van der Waals surface area (Å²) in [6.45, 7) is 47.3. The van der Waals surface area contributed by atoms with Crippen LogP contribution in [0, 0.1) is 5.92 Å². The molecular weight excluding hydrogens is 1660 g/mol. The lowest BCUT2D eigenvalue weighted by molar-refractivity contribution is 0.0503. The second kappa shape index (κ2) is 80.9. The van der Waals surface area contributed by atoms with Gasteiger partial charge in [0.2, 0.25) is 0 Å². The summed E-state index contributed by atoms with van der Waals surface area (Å²) in [4.78, 5) is 39.5. The predicted molar refractivity (Wildman–Crippen MR) is 559 cm³/mol. The number of piperazine rings is 1. The molecule has 14 saturated heterocycles. The fourth-order valence-electron chi connectivity index (χ4n) is 16.1. The van der Waals surface area contributed by atoms with Gasteiger partial charge < -0.3 is 93.4 Å². The monoisotopic (exact) mass is 1870 g/mol. The van der Waals surface area contributed by atoms with Crippen LogP contribution in [0.3, 0.4) is 0 Å². The first kappa shape index (κ1) is 120. The summed E-state index contributed by atoms with van der Waals surface area (Å²) < 4.78 is 36.8. The summed E-state index contributed by atoms with van der Waals surface area (Å²) in [5.74, 6) is 9.65. The molecule has 28 heteroatoms. The third kappa shape index (κ3) is 71.9. The van der Waals surface area contributed by atoms with Crippen LogP contribution in [0.4, 0.5) is 0 Å². The Morgan fingerprint density at radius 3 is 1.14 bits per heavy atom. The largest absolute Gasteiger partial charge is 0.380 e. The van der Waals surface area contributed by atoms with Crippen molar-refractivity contribution >= 4 is 45.1 Å². The molecule has 24 nitrogen and oxygen atoms in total. The van der Waals surface area contributed by atoms with Crippen molar-refractivity contribution in [3.8, 4) is 0 Å². The number of likely N-dealkylation sites (N-methyl/N-ethyl adjacent to an activating group) is 8. The van der Waals surface area contributed by atoms with Crippen molar-refractivity contribution in [2.75, 3.05) is 428 Å². The molecule has 2 unspecified atom stereocenters. The Hall–Kier alpha value is -1.18. The Kier molecular flexibility index (Phi) is 76.4. The van der Waals surface area contributed by atoms with E-state index in [1.54, 1.807) is 0 Å².